The molecule has 0 radical (unpaired) electrons. The molecule has 8 nitrogen and oxygen atoms in total. The number of rotatable bonds is 9. The Morgan fingerprint density at radius 1 is 0.911 bits per heavy atom. The first-order chi connectivity index (χ1) is 21.2. The van der Waals surface area contributed by atoms with Crippen molar-refractivity contribution in [3.8, 4) is 6.07 Å². The van der Waals surface area contributed by atoms with Gasteiger partial charge in [-0.1, -0.05) is 79.4 Å². The SMILES string of the molecule is N#Cc1cncn1CC(O)(c1ccc(Br)cc1Cl)C1(F)CC1.NC(=S)c1cncn1CC(O)(c1ccc(Br)cc1Cl)C1(F)CC1. The predicted molar refractivity (Wildman–Crippen MR) is 177 cm³/mol. The second-order valence-corrected chi connectivity index (χ2v) is 14.3. The third-order valence-corrected chi connectivity index (χ3v) is 10.0. The van der Waals surface area contributed by atoms with E-state index in [1.807, 2.05) is 6.07 Å². The van der Waals surface area contributed by atoms with E-state index < -0.39 is 22.5 Å². The van der Waals surface area contributed by atoms with Crippen LogP contribution in [-0.2, 0) is 24.3 Å². The summed E-state index contributed by atoms with van der Waals surface area (Å²) in [4.78, 5) is 7.99. The van der Waals surface area contributed by atoms with Gasteiger partial charge in [0, 0.05) is 30.1 Å². The van der Waals surface area contributed by atoms with Gasteiger partial charge in [-0.05, 0) is 49.9 Å². The van der Waals surface area contributed by atoms with E-state index in [1.165, 1.54) is 29.6 Å². The monoisotopic (exact) mass is 800 g/mol. The molecule has 2 fully saturated rings. The first-order valence-corrected chi connectivity index (χ1v) is 16.4. The fraction of sp³-hybridized carbons (Fsp3) is 0.333. The Kier molecular flexibility index (Phi) is 9.52. The van der Waals surface area contributed by atoms with Gasteiger partial charge >= 0.3 is 0 Å². The van der Waals surface area contributed by atoms with E-state index in [4.69, 9.17) is 46.4 Å². The topological polar surface area (TPSA) is 126 Å². The number of halogens is 6. The number of imidazole rings is 2. The second-order valence-electron chi connectivity index (χ2n) is 11.2. The van der Waals surface area contributed by atoms with Gasteiger partial charge in [-0.25, -0.2) is 18.7 Å². The second kappa shape index (κ2) is 12.6. The highest BCUT2D eigenvalue weighted by molar-refractivity contribution is 9.10. The minimum absolute atomic E-state index is 0.0719. The summed E-state index contributed by atoms with van der Waals surface area (Å²) in [5, 5.41) is 32.0. The zero-order valence-corrected chi connectivity index (χ0v) is 28.9. The molecular formula is C30H26Br2Cl2F2N6O2S. The molecule has 2 saturated carbocycles. The number of benzene rings is 2. The van der Waals surface area contributed by atoms with E-state index in [2.05, 4.69) is 41.8 Å². The van der Waals surface area contributed by atoms with Crippen LogP contribution in [0.25, 0.3) is 0 Å². The van der Waals surface area contributed by atoms with Crippen LogP contribution < -0.4 is 5.73 Å². The summed E-state index contributed by atoms with van der Waals surface area (Å²) in [6, 6.07) is 11.9. The highest BCUT2D eigenvalue weighted by Gasteiger charge is 2.62. The summed E-state index contributed by atoms with van der Waals surface area (Å²) in [6.45, 7) is -0.189. The molecule has 4 aromatic rings. The molecule has 0 saturated heterocycles. The van der Waals surface area contributed by atoms with Crippen LogP contribution in [0.3, 0.4) is 0 Å². The maximum Gasteiger partial charge on any atom is 0.145 e. The van der Waals surface area contributed by atoms with Gasteiger partial charge in [-0.15, -0.1) is 0 Å². The molecule has 2 aromatic heterocycles. The molecule has 6 rings (SSSR count). The number of hydrogen-bond donors (Lipinski definition) is 3. The first kappa shape index (κ1) is 33.9. The third kappa shape index (κ3) is 6.56. The number of hydrogen-bond acceptors (Lipinski definition) is 6. The van der Waals surface area contributed by atoms with Crippen LogP contribution in [0.15, 0.2) is 70.4 Å². The van der Waals surface area contributed by atoms with E-state index >= 15 is 4.39 Å². The van der Waals surface area contributed by atoms with Crippen molar-refractivity contribution in [1.29, 1.82) is 5.26 Å². The van der Waals surface area contributed by atoms with E-state index in [1.54, 1.807) is 41.0 Å². The number of alkyl halides is 2. The largest absolute Gasteiger partial charge is 0.388 e. The zero-order chi connectivity index (χ0) is 32.8. The number of nitriles is 1. The Labute approximate surface area is 290 Å². The van der Waals surface area contributed by atoms with Gasteiger partial charge in [0.15, 0.2) is 0 Å². The predicted octanol–water partition coefficient (Wildman–Crippen LogP) is 6.88. The van der Waals surface area contributed by atoms with Crippen LogP contribution in [0.4, 0.5) is 8.78 Å². The molecule has 2 unspecified atom stereocenters. The Morgan fingerprint density at radius 3 is 1.78 bits per heavy atom. The minimum Gasteiger partial charge on any atom is -0.388 e. The number of aromatic nitrogens is 4. The quantitative estimate of drug-likeness (QED) is 0.158. The molecule has 2 aliphatic carbocycles. The van der Waals surface area contributed by atoms with E-state index in [-0.39, 0.29) is 54.5 Å². The molecule has 0 aliphatic heterocycles. The van der Waals surface area contributed by atoms with Crippen molar-refractivity contribution in [3.63, 3.8) is 0 Å². The summed E-state index contributed by atoms with van der Waals surface area (Å²) in [5.41, 5.74) is -0.0424. The van der Waals surface area contributed by atoms with Crippen molar-refractivity contribution < 1.29 is 19.0 Å². The molecule has 2 atom stereocenters. The smallest absolute Gasteiger partial charge is 0.145 e. The normalized spacial score (nSPS) is 18.5. The van der Waals surface area contributed by atoms with Gasteiger partial charge in [0.2, 0.25) is 0 Å². The lowest BCUT2D eigenvalue weighted by Crippen LogP contribution is -2.43. The van der Waals surface area contributed by atoms with Crippen molar-refractivity contribution in [2.75, 3.05) is 0 Å². The average molecular weight is 803 g/mol. The van der Waals surface area contributed by atoms with E-state index in [9.17, 15) is 14.6 Å². The standard InChI is InChI=1S/C15H14BrClFN3OS.C15H12BrClFN3O/c16-9-1-2-10(11(17)5-9)15(22,14(18)3-4-14)7-21-8-20-6-12(21)13(19)23;16-10-1-2-12(13(17)5-10)15(22,14(18)3-4-14)8-21-9-20-7-11(21)6-19/h1-2,5-6,8,22H,3-4,7H2,(H2,19,23);1-2,5,7,9,22H,3-4,8H2. The van der Waals surface area contributed by atoms with E-state index in [0.29, 0.717) is 21.8 Å². The Morgan fingerprint density at radius 2 is 1.36 bits per heavy atom. The van der Waals surface area contributed by atoms with Crippen molar-refractivity contribution in [2.45, 2.75) is 61.3 Å². The lowest BCUT2D eigenvalue weighted by atomic mass is 9.86. The Balaban J connectivity index is 0.000000178. The molecule has 45 heavy (non-hydrogen) atoms. The van der Waals surface area contributed by atoms with Crippen LogP contribution in [0.1, 0.15) is 48.2 Å². The van der Waals surface area contributed by atoms with Gasteiger partial charge in [0.25, 0.3) is 0 Å². The lowest BCUT2D eigenvalue weighted by Gasteiger charge is -2.34. The van der Waals surface area contributed by atoms with Crippen molar-refractivity contribution in [1.82, 2.24) is 19.1 Å². The molecule has 2 heterocycles. The summed E-state index contributed by atoms with van der Waals surface area (Å²) >= 11 is 24.0. The molecule has 4 N–H and O–H groups in total. The lowest BCUT2D eigenvalue weighted by molar-refractivity contribution is -0.0697. The molecule has 2 aromatic carbocycles. The zero-order valence-electron chi connectivity index (χ0n) is 23.4. The molecule has 0 bridgehead atoms. The molecule has 0 amide bonds. The van der Waals surface area contributed by atoms with Crippen LogP contribution >= 0.6 is 67.3 Å². The summed E-state index contributed by atoms with van der Waals surface area (Å²) in [5.74, 6) is 0. The number of aliphatic hydroxyl groups is 2. The van der Waals surface area contributed by atoms with Gasteiger partial charge < -0.3 is 25.1 Å². The molecular weight excluding hydrogens is 777 g/mol. The summed E-state index contributed by atoms with van der Waals surface area (Å²) in [6.07, 6.45) is 6.80. The molecule has 2 aliphatic rings. The fourth-order valence-electron chi connectivity index (χ4n) is 5.32. The van der Waals surface area contributed by atoms with Gasteiger partial charge in [0.1, 0.15) is 39.3 Å². The van der Waals surface area contributed by atoms with Crippen molar-refractivity contribution in [3.05, 3.63) is 103 Å². The van der Waals surface area contributed by atoms with Crippen LogP contribution in [-0.4, -0.2) is 45.6 Å². The fourth-order valence-corrected chi connectivity index (χ4v) is 7.15. The summed E-state index contributed by atoms with van der Waals surface area (Å²) < 4.78 is 34.4. The maximum atomic E-state index is 15.0. The minimum atomic E-state index is -1.81. The number of thiocarbonyl (C=S) groups is 1. The molecule has 236 valence electrons. The third-order valence-electron chi connectivity index (χ3n) is 8.20. The van der Waals surface area contributed by atoms with Crippen LogP contribution in [0.5, 0.6) is 0 Å². The van der Waals surface area contributed by atoms with Gasteiger partial charge in [-0.2, -0.15) is 5.26 Å². The average Bonchev–Trinajstić information content (AvgIpc) is 3.80. The maximum absolute atomic E-state index is 15.0. The van der Waals surface area contributed by atoms with Crippen LogP contribution in [0.2, 0.25) is 10.0 Å². The van der Waals surface area contributed by atoms with Crippen molar-refractivity contribution in [2.24, 2.45) is 5.73 Å². The number of nitrogens with two attached hydrogens (primary N) is 1. The van der Waals surface area contributed by atoms with E-state index in [0.717, 1.165) is 8.95 Å². The number of nitrogens with zero attached hydrogens (tertiary/aromatic N) is 5. The molecule has 15 heteroatoms. The van der Waals surface area contributed by atoms with Crippen LogP contribution in [0, 0.1) is 11.3 Å². The highest BCUT2D eigenvalue weighted by Crippen LogP contribution is 2.56. The van der Waals surface area contributed by atoms with Gasteiger partial charge in [-0.3, -0.25) is 0 Å². The van der Waals surface area contributed by atoms with Crippen molar-refractivity contribution >= 4 is 72.3 Å². The summed E-state index contributed by atoms with van der Waals surface area (Å²) in [7, 11) is 0. The Hall–Kier alpha value is -2.44. The highest BCUT2D eigenvalue weighted by atomic mass is 79.9. The molecule has 0 spiro atoms. The van der Waals surface area contributed by atoms with Gasteiger partial charge in [0.05, 0.1) is 43.8 Å². The first-order valence-electron chi connectivity index (χ1n) is 13.6. The Bertz CT molecular complexity index is 1810.